The summed E-state index contributed by atoms with van der Waals surface area (Å²) in [5, 5.41) is 3.46. The van der Waals surface area contributed by atoms with Crippen LogP contribution in [0.15, 0.2) is 72.8 Å². The van der Waals surface area contributed by atoms with Gasteiger partial charge in [-0.15, -0.1) is 0 Å². The van der Waals surface area contributed by atoms with Crippen LogP contribution in [0.3, 0.4) is 0 Å². The van der Waals surface area contributed by atoms with Gasteiger partial charge in [0.25, 0.3) is 11.8 Å². The zero-order chi connectivity index (χ0) is 19.4. The van der Waals surface area contributed by atoms with Crippen molar-refractivity contribution < 1.29 is 9.59 Å². The molecule has 5 heteroatoms. The summed E-state index contributed by atoms with van der Waals surface area (Å²) in [6.07, 6.45) is 0. The molecule has 3 rings (SSSR count). The van der Waals surface area contributed by atoms with Gasteiger partial charge in [-0.1, -0.05) is 35.9 Å². The monoisotopic (exact) mass is 378 g/mol. The molecule has 0 bridgehead atoms. The first kappa shape index (κ1) is 18.7. The number of rotatable bonds is 4. The van der Waals surface area contributed by atoms with Gasteiger partial charge < -0.3 is 10.2 Å². The summed E-state index contributed by atoms with van der Waals surface area (Å²) < 4.78 is 0. The third-order valence-corrected chi connectivity index (χ3v) is 4.33. The Kier molecular flexibility index (Phi) is 5.57. The lowest BCUT2D eigenvalue weighted by Crippen LogP contribution is -2.21. The number of carbonyl (C=O) groups is 2. The number of hydrogen-bond donors (Lipinski definition) is 1. The van der Waals surface area contributed by atoms with Crippen LogP contribution < -0.4 is 5.32 Å². The van der Waals surface area contributed by atoms with Gasteiger partial charge in [0.2, 0.25) is 0 Å². The Bertz CT molecular complexity index is 982. The number of carbonyl (C=O) groups excluding carboxylic acids is 2. The van der Waals surface area contributed by atoms with Gasteiger partial charge in [-0.3, -0.25) is 9.59 Å². The van der Waals surface area contributed by atoms with Gasteiger partial charge in [-0.25, -0.2) is 0 Å². The zero-order valence-corrected chi connectivity index (χ0v) is 15.8. The highest BCUT2D eigenvalue weighted by atomic mass is 35.5. The van der Waals surface area contributed by atoms with Crippen molar-refractivity contribution in [1.82, 2.24) is 4.90 Å². The van der Waals surface area contributed by atoms with Crippen LogP contribution in [0.1, 0.15) is 20.7 Å². The molecular weight excluding hydrogens is 360 g/mol. The van der Waals surface area contributed by atoms with E-state index >= 15 is 0 Å². The van der Waals surface area contributed by atoms with Gasteiger partial charge in [-0.2, -0.15) is 0 Å². The molecule has 0 aliphatic heterocycles. The highest BCUT2D eigenvalue weighted by Crippen LogP contribution is 2.23. The summed E-state index contributed by atoms with van der Waals surface area (Å²) in [5.41, 5.74) is 3.56. The smallest absolute Gasteiger partial charge is 0.255 e. The minimum absolute atomic E-state index is 0.0616. The number of hydrogen-bond acceptors (Lipinski definition) is 2. The van der Waals surface area contributed by atoms with Crippen molar-refractivity contribution in [3.8, 4) is 11.1 Å². The Labute approximate surface area is 163 Å². The minimum Gasteiger partial charge on any atom is -0.345 e. The predicted octanol–water partition coefficient (Wildman–Crippen LogP) is 4.96. The fraction of sp³-hybridized carbons (Fsp3) is 0.0909. The maximum Gasteiger partial charge on any atom is 0.255 e. The molecular formula is C22H19ClN2O2. The van der Waals surface area contributed by atoms with Crippen LogP contribution >= 0.6 is 11.6 Å². The van der Waals surface area contributed by atoms with Crippen LogP contribution in [0.5, 0.6) is 0 Å². The Balaban J connectivity index is 1.85. The van der Waals surface area contributed by atoms with E-state index in [1.54, 1.807) is 50.5 Å². The third-order valence-electron chi connectivity index (χ3n) is 4.08. The molecule has 27 heavy (non-hydrogen) atoms. The summed E-state index contributed by atoms with van der Waals surface area (Å²) in [7, 11) is 3.44. The SMILES string of the molecule is CN(C)C(=O)c1cccc(-c2cccc(C(=O)Nc3ccc(Cl)cc3)c2)c1. The van der Waals surface area contributed by atoms with Crippen LogP contribution in [-0.4, -0.2) is 30.8 Å². The van der Waals surface area contributed by atoms with Crippen LogP contribution in [0, 0.1) is 0 Å². The number of benzene rings is 3. The van der Waals surface area contributed by atoms with Crippen LogP contribution in [0.25, 0.3) is 11.1 Å². The number of halogens is 1. The molecule has 4 nitrogen and oxygen atoms in total. The molecule has 0 atom stereocenters. The Hall–Kier alpha value is -3.11. The summed E-state index contributed by atoms with van der Waals surface area (Å²) in [6, 6.07) is 21.6. The Morgan fingerprint density at radius 2 is 1.37 bits per heavy atom. The van der Waals surface area contributed by atoms with E-state index in [9.17, 15) is 9.59 Å². The molecule has 3 aromatic carbocycles. The predicted molar refractivity (Wildman–Crippen MR) is 109 cm³/mol. The first-order valence-electron chi connectivity index (χ1n) is 8.43. The van der Waals surface area contributed by atoms with E-state index < -0.39 is 0 Å². The lowest BCUT2D eigenvalue weighted by molar-refractivity contribution is 0.0827. The molecule has 0 saturated heterocycles. The quantitative estimate of drug-likeness (QED) is 0.697. The molecule has 0 saturated carbocycles. The van der Waals surface area contributed by atoms with Crippen LogP contribution in [-0.2, 0) is 0 Å². The highest BCUT2D eigenvalue weighted by Gasteiger charge is 2.11. The molecule has 0 unspecified atom stereocenters. The molecule has 136 valence electrons. The molecule has 3 aromatic rings. The number of anilines is 1. The molecule has 0 heterocycles. The van der Waals surface area contributed by atoms with Crippen molar-refractivity contribution in [2.75, 3.05) is 19.4 Å². The second-order valence-electron chi connectivity index (χ2n) is 6.32. The molecule has 1 N–H and O–H groups in total. The molecule has 0 aliphatic rings. The van der Waals surface area contributed by atoms with E-state index in [0.717, 1.165) is 11.1 Å². The van der Waals surface area contributed by atoms with Crippen molar-refractivity contribution in [1.29, 1.82) is 0 Å². The maximum absolute atomic E-state index is 12.5. The standard InChI is InChI=1S/C22H19ClN2O2/c1-25(2)22(27)18-8-4-6-16(14-18)15-5-3-7-17(13-15)21(26)24-20-11-9-19(23)10-12-20/h3-14H,1-2H3,(H,24,26). The fourth-order valence-corrected chi connectivity index (χ4v) is 2.79. The highest BCUT2D eigenvalue weighted by molar-refractivity contribution is 6.30. The van der Waals surface area contributed by atoms with Crippen LogP contribution in [0.4, 0.5) is 5.69 Å². The Morgan fingerprint density at radius 3 is 1.96 bits per heavy atom. The van der Waals surface area contributed by atoms with Crippen LogP contribution in [0.2, 0.25) is 5.02 Å². The molecule has 2 amide bonds. The van der Waals surface area contributed by atoms with Crippen molar-refractivity contribution in [3.63, 3.8) is 0 Å². The normalized spacial score (nSPS) is 10.3. The van der Waals surface area contributed by atoms with E-state index in [-0.39, 0.29) is 11.8 Å². The summed E-state index contributed by atoms with van der Waals surface area (Å²) in [5.74, 6) is -0.270. The number of nitrogens with one attached hydrogen (secondary N) is 1. The fourth-order valence-electron chi connectivity index (χ4n) is 2.67. The summed E-state index contributed by atoms with van der Waals surface area (Å²) in [4.78, 5) is 26.3. The first-order valence-corrected chi connectivity index (χ1v) is 8.81. The van der Waals surface area contributed by atoms with Gasteiger partial charge in [0.05, 0.1) is 0 Å². The van der Waals surface area contributed by atoms with E-state index in [4.69, 9.17) is 11.6 Å². The van der Waals surface area contributed by atoms with E-state index in [2.05, 4.69) is 5.32 Å². The maximum atomic E-state index is 12.5. The van der Waals surface area contributed by atoms with Gasteiger partial charge in [-0.05, 0) is 59.7 Å². The van der Waals surface area contributed by atoms with E-state index in [1.807, 2.05) is 36.4 Å². The van der Waals surface area contributed by atoms with Gasteiger partial charge in [0.15, 0.2) is 0 Å². The molecule has 0 aliphatic carbocycles. The zero-order valence-electron chi connectivity index (χ0n) is 15.1. The van der Waals surface area contributed by atoms with E-state index in [1.165, 1.54) is 4.90 Å². The summed E-state index contributed by atoms with van der Waals surface area (Å²) in [6.45, 7) is 0. The second kappa shape index (κ2) is 8.06. The lowest BCUT2D eigenvalue weighted by atomic mass is 10.0. The Morgan fingerprint density at radius 1 is 0.815 bits per heavy atom. The average molecular weight is 379 g/mol. The first-order chi connectivity index (χ1) is 12.9. The molecule has 0 aromatic heterocycles. The summed E-state index contributed by atoms with van der Waals surface area (Å²) >= 11 is 5.87. The third kappa shape index (κ3) is 4.54. The molecule has 0 radical (unpaired) electrons. The molecule has 0 fully saturated rings. The van der Waals surface area contributed by atoms with Gasteiger partial charge in [0.1, 0.15) is 0 Å². The largest absolute Gasteiger partial charge is 0.345 e. The van der Waals surface area contributed by atoms with Crippen molar-refractivity contribution in [2.45, 2.75) is 0 Å². The van der Waals surface area contributed by atoms with Crippen molar-refractivity contribution in [3.05, 3.63) is 88.9 Å². The molecule has 0 spiro atoms. The van der Waals surface area contributed by atoms with Gasteiger partial charge in [0, 0.05) is 35.9 Å². The second-order valence-corrected chi connectivity index (χ2v) is 6.76. The van der Waals surface area contributed by atoms with Gasteiger partial charge >= 0.3 is 0 Å². The lowest BCUT2D eigenvalue weighted by Gasteiger charge is -2.12. The van der Waals surface area contributed by atoms with Crippen molar-refractivity contribution in [2.24, 2.45) is 0 Å². The topological polar surface area (TPSA) is 49.4 Å². The number of nitrogens with zero attached hydrogens (tertiary/aromatic N) is 1. The average Bonchev–Trinajstić information content (AvgIpc) is 2.69. The van der Waals surface area contributed by atoms with Crippen molar-refractivity contribution >= 4 is 29.1 Å². The number of amides is 2. The van der Waals surface area contributed by atoms with E-state index in [0.29, 0.717) is 21.8 Å². The minimum atomic E-state index is -0.209.